The van der Waals surface area contributed by atoms with Crippen LogP contribution < -0.4 is 5.73 Å². The second-order valence-electron chi connectivity index (χ2n) is 4.96. The van der Waals surface area contributed by atoms with E-state index < -0.39 is 6.04 Å². The van der Waals surface area contributed by atoms with Crippen LogP contribution >= 0.6 is 11.8 Å². The number of benzene rings is 2. The Labute approximate surface area is 124 Å². The molecule has 0 heterocycles. The van der Waals surface area contributed by atoms with Gasteiger partial charge in [0.1, 0.15) is 5.82 Å². The molecule has 2 aromatic carbocycles. The third-order valence-electron chi connectivity index (χ3n) is 3.34. The molecular formula is C17H20FNS. The molecule has 0 aromatic heterocycles. The smallest absolute Gasteiger partial charge is 0.128 e. The second kappa shape index (κ2) is 6.42. The minimum atomic E-state index is -0.420. The fourth-order valence-corrected chi connectivity index (χ4v) is 3.09. The van der Waals surface area contributed by atoms with Gasteiger partial charge in [0, 0.05) is 10.5 Å². The molecule has 20 heavy (non-hydrogen) atoms. The van der Waals surface area contributed by atoms with Crippen molar-refractivity contribution in [3.63, 3.8) is 0 Å². The summed E-state index contributed by atoms with van der Waals surface area (Å²) >= 11 is 1.78. The van der Waals surface area contributed by atoms with E-state index >= 15 is 0 Å². The summed E-state index contributed by atoms with van der Waals surface area (Å²) in [6.07, 6.45) is 0. The van der Waals surface area contributed by atoms with E-state index in [4.69, 9.17) is 5.73 Å². The minimum Gasteiger partial charge on any atom is -0.320 e. The van der Waals surface area contributed by atoms with Crippen molar-refractivity contribution in [3.05, 3.63) is 64.5 Å². The molecule has 3 heteroatoms. The molecule has 0 bridgehead atoms. The van der Waals surface area contributed by atoms with Gasteiger partial charge < -0.3 is 5.73 Å². The van der Waals surface area contributed by atoms with Crippen molar-refractivity contribution >= 4 is 11.8 Å². The van der Waals surface area contributed by atoms with Gasteiger partial charge >= 0.3 is 0 Å². The van der Waals surface area contributed by atoms with Gasteiger partial charge in [0.2, 0.25) is 0 Å². The van der Waals surface area contributed by atoms with Crippen molar-refractivity contribution in [2.75, 3.05) is 5.75 Å². The van der Waals surface area contributed by atoms with Gasteiger partial charge in [-0.1, -0.05) is 25.1 Å². The first-order valence-corrected chi connectivity index (χ1v) is 7.76. The molecule has 1 nitrogen and oxygen atoms in total. The fourth-order valence-electron chi connectivity index (χ4n) is 2.43. The highest BCUT2D eigenvalue weighted by atomic mass is 32.2. The molecule has 2 rings (SSSR count). The average molecular weight is 289 g/mol. The molecule has 106 valence electrons. The third kappa shape index (κ3) is 3.22. The normalized spacial score (nSPS) is 12.4. The maximum atomic E-state index is 14.2. The first-order chi connectivity index (χ1) is 9.52. The van der Waals surface area contributed by atoms with Crippen LogP contribution in [-0.4, -0.2) is 5.75 Å². The number of nitrogens with two attached hydrogens (primary N) is 1. The predicted octanol–water partition coefficient (Wildman–Crippen LogP) is 4.60. The van der Waals surface area contributed by atoms with Crippen LogP contribution in [0.25, 0.3) is 0 Å². The topological polar surface area (TPSA) is 26.0 Å². The van der Waals surface area contributed by atoms with Crippen LogP contribution in [0.1, 0.15) is 35.2 Å². The molecule has 2 aromatic rings. The summed E-state index contributed by atoms with van der Waals surface area (Å²) in [6, 6.07) is 11.2. The molecule has 1 atom stereocenters. The summed E-state index contributed by atoms with van der Waals surface area (Å²) in [5.74, 6) is 0.818. The third-order valence-corrected chi connectivity index (χ3v) is 4.24. The Hall–Kier alpha value is -1.32. The molecule has 0 amide bonds. The minimum absolute atomic E-state index is 0.220. The number of halogens is 1. The van der Waals surface area contributed by atoms with Crippen LogP contribution in [0.5, 0.6) is 0 Å². The van der Waals surface area contributed by atoms with Crippen LogP contribution in [0.15, 0.2) is 41.3 Å². The first-order valence-electron chi connectivity index (χ1n) is 6.78. The number of rotatable bonds is 4. The highest BCUT2D eigenvalue weighted by Crippen LogP contribution is 2.28. The van der Waals surface area contributed by atoms with Gasteiger partial charge in [-0.25, -0.2) is 4.39 Å². The van der Waals surface area contributed by atoms with Crippen molar-refractivity contribution in [1.29, 1.82) is 0 Å². The lowest BCUT2D eigenvalue weighted by atomic mass is 9.94. The van der Waals surface area contributed by atoms with Crippen LogP contribution in [0.2, 0.25) is 0 Å². The van der Waals surface area contributed by atoms with E-state index in [0.29, 0.717) is 5.56 Å². The predicted molar refractivity (Wildman–Crippen MR) is 84.7 cm³/mol. The van der Waals surface area contributed by atoms with Gasteiger partial charge in [0.05, 0.1) is 6.04 Å². The lowest BCUT2D eigenvalue weighted by Gasteiger charge is -2.17. The van der Waals surface area contributed by atoms with Crippen LogP contribution in [0.4, 0.5) is 4.39 Å². The van der Waals surface area contributed by atoms with Gasteiger partial charge in [-0.2, -0.15) is 0 Å². The van der Waals surface area contributed by atoms with E-state index in [0.717, 1.165) is 22.4 Å². The number of thioether (sulfide) groups is 1. The van der Waals surface area contributed by atoms with Crippen LogP contribution in [0, 0.1) is 19.7 Å². The molecule has 0 spiro atoms. The zero-order valence-electron chi connectivity index (χ0n) is 12.1. The average Bonchev–Trinajstić information content (AvgIpc) is 2.38. The molecule has 0 saturated carbocycles. The standard InChI is InChI=1S/C17H20FNS/c1-4-20-14-7-5-13(6-8-14)17(19)16-12(3)9-11(2)10-15(16)18/h5-10,17H,4,19H2,1-3H3. The summed E-state index contributed by atoms with van der Waals surface area (Å²) in [6.45, 7) is 5.92. The molecule has 0 radical (unpaired) electrons. The van der Waals surface area contributed by atoms with Gasteiger partial charge in [0.15, 0.2) is 0 Å². The highest BCUT2D eigenvalue weighted by Gasteiger charge is 2.16. The monoisotopic (exact) mass is 289 g/mol. The molecule has 2 N–H and O–H groups in total. The largest absolute Gasteiger partial charge is 0.320 e. The summed E-state index contributed by atoms with van der Waals surface area (Å²) in [4.78, 5) is 1.21. The second-order valence-corrected chi connectivity index (χ2v) is 6.29. The summed E-state index contributed by atoms with van der Waals surface area (Å²) < 4.78 is 14.2. The number of hydrogen-bond donors (Lipinski definition) is 1. The lowest BCUT2D eigenvalue weighted by Crippen LogP contribution is -2.15. The SMILES string of the molecule is CCSc1ccc(C(N)c2c(C)cc(C)cc2F)cc1. The molecule has 0 aliphatic rings. The Kier molecular flexibility index (Phi) is 4.84. The maximum Gasteiger partial charge on any atom is 0.128 e. The van der Waals surface area contributed by atoms with Gasteiger partial charge in [-0.3, -0.25) is 0 Å². The zero-order chi connectivity index (χ0) is 14.7. The number of aryl methyl sites for hydroxylation is 2. The van der Waals surface area contributed by atoms with E-state index in [1.54, 1.807) is 17.8 Å². The van der Waals surface area contributed by atoms with E-state index in [-0.39, 0.29) is 5.82 Å². The Morgan fingerprint density at radius 2 is 1.80 bits per heavy atom. The van der Waals surface area contributed by atoms with Crippen molar-refractivity contribution in [2.45, 2.75) is 31.7 Å². The molecular weight excluding hydrogens is 269 g/mol. The molecule has 0 aliphatic carbocycles. The Morgan fingerprint density at radius 1 is 1.15 bits per heavy atom. The molecule has 0 fully saturated rings. The van der Waals surface area contributed by atoms with Gasteiger partial charge in [0.25, 0.3) is 0 Å². The van der Waals surface area contributed by atoms with Gasteiger partial charge in [-0.05, 0) is 54.5 Å². The Balaban J connectivity index is 2.33. The van der Waals surface area contributed by atoms with Crippen LogP contribution in [-0.2, 0) is 0 Å². The Bertz CT molecular complexity index is 569. The summed E-state index contributed by atoms with van der Waals surface area (Å²) in [7, 11) is 0. The van der Waals surface area contributed by atoms with E-state index in [1.165, 1.54) is 4.90 Å². The Morgan fingerprint density at radius 3 is 2.35 bits per heavy atom. The number of hydrogen-bond acceptors (Lipinski definition) is 2. The van der Waals surface area contributed by atoms with Crippen molar-refractivity contribution < 1.29 is 4.39 Å². The molecule has 1 unspecified atom stereocenters. The van der Waals surface area contributed by atoms with Gasteiger partial charge in [-0.15, -0.1) is 11.8 Å². The quantitative estimate of drug-likeness (QED) is 0.832. The van der Waals surface area contributed by atoms with Crippen LogP contribution in [0.3, 0.4) is 0 Å². The molecule has 0 saturated heterocycles. The summed E-state index contributed by atoms with van der Waals surface area (Å²) in [5.41, 5.74) is 9.60. The lowest BCUT2D eigenvalue weighted by molar-refractivity contribution is 0.596. The summed E-state index contributed by atoms with van der Waals surface area (Å²) in [5, 5.41) is 0. The maximum absolute atomic E-state index is 14.2. The first kappa shape index (κ1) is 15.1. The van der Waals surface area contributed by atoms with Crippen molar-refractivity contribution in [2.24, 2.45) is 5.73 Å². The fraction of sp³-hybridized carbons (Fsp3) is 0.294. The zero-order valence-corrected chi connectivity index (χ0v) is 12.9. The van der Waals surface area contributed by atoms with E-state index in [2.05, 4.69) is 6.92 Å². The van der Waals surface area contributed by atoms with E-state index in [9.17, 15) is 4.39 Å². The van der Waals surface area contributed by atoms with E-state index in [1.807, 2.05) is 44.2 Å². The van der Waals surface area contributed by atoms with Crippen molar-refractivity contribution in [3.8, 4) is 0 Å². The molecule has 0 aliphatic heterocycles. The van der Waals surface area contributed by atoms with Crippen molar-refractivity contribution in [1.82, 2.24) is 0 Å². The highest BCUT2D eigenvalue weighted by molar-refractivity contribution is 7.99.